The second kappa shape index (κ2) is 9.51. The molecule has 0 radical (unpaired) electrons. The SMILES string of the molecule is CCCCOC(=O)N(C)CC1OCCCc2c(-c3ccccn3)cccc21. The highest BCUT2D eigenvalue weighted by Crippen LogP contribution is 2.33. The summed E-state index contributed by atoms with van der Waals surface area (Å²) < 4.78 is 11.4. The highest BCUT2D eigenvalue weighted by Gasteiger charge is 2.25. The Morgan fingerprint density at radius 1 is 1.30 bits per heavy atom. The lowest BCUT2D eigenvalue weighted by Gasteiger charge is -2.25. The van der Waals surface area contributed by atoms with Crippen LogP contribution in [0.1, 0.15) is 43.4 Å². The third-order valence-corrected chi connectivity index (χ3v) is 4.86. The van der Waals surface area contributed by atoms with Crippen LogP contribution in [0.25, 0.3) is 11.3 Å². The molecule has 1 aromatic heterocycles. The van der Waals surface area contributed by atoms with Crippen LogP contribution in [-0.4, -0.2) is 42.8 Å². The van der Waals surface area contributed by atoms with Crippen LogP contribution in [0.5, 0.6) is 0 Å². The van der Waals surface area contributed by atoms with E-state index in [-0.39, 0.29) is 12.2 Å². The molecule has 2 heterocycles. The van der Waals surface area contributed by atoms with Gasteiger partial charge in [-0.05, 0) is 42.5 Å². The van der Waals surface area contributed by atoms with Crippen molar-refractivity contribution in [2.24, 2.45) is 0 Å². The van der Waals surface area contributed by atoms with Crippen LogP contribution in [0.2, 0.25) is 0 Å². The number of likely N-dealkylation sites (N-methyl/N-ethyl adjacent to an activating group) is 1. The van der Waals surface area contributed by atoms with Crippen LogP contribution >= 0.6 is 0 Å². The zero-order valence-corrected chi connectivity index (χ0v) is 16.2. The van der Waals surface area contributed by atoms with E-state index < -0.39 is 0 Å². The topological polar surface area (TPSA) is 51.7 Å². The fourth-order valence-corrected chi connectivity index (χ4v) is 3.40. The molecule has 1 unspecified atom stereocenters. The first kappa shape index (κ1) is 19.4. The summed E-state index contributed by atoms with van der Waals surface area (Å²) in [4.78, 5) is 18.3. The summed E-state index contributed by atoms with van der Waals surface area (Å²) in [5.74, 6) is 0. The summed E-state index contributed by atoms with van der Waals surface area (Å²) in [5.41, 5.74) is 4.54. The summed E-state index contributed by atoms with van der Waals surface area (Å²) in [7, 11) is 1.77. The maximum Gasteiger partial charge on any atom is 0.409 e. The number of nitrogens with zero attached hydrogens (tertiary/aromatic N) is 2. The van der Waals surface area contributed by atoms with Crippen molar-refractivity contribution in [3.8, 4) is 11.3 Å². The van der Waals surface area contributed by atoms with Crippen LogP contribution < -0.4 is 0 Å². The molecule has 1 aliphatic heterocycles. The lowest BCUT2D eigenvalue weighted by Crippen LogP contribution is -2.32. The molecule has 5 nitrogen and oxygen atoms in total. The van der Waals surface area contributed by atoms with Gasteiger partial charge in [-0.15, -0.1) is 0 Å². The number of carbonyl (C=O) groups excluding carboxylic acids is 1. The average molecular weight is 368 g/mol. The lowest BCUT2D eigenvalue weighted by molar-refractivity contribution is 0.0288. The Balaban J connectivity index is 1.80. The number of carbonyl (C=O) groups is 1. The quantitative estimate of drug-likeness (QED) is 0.698. The maximum atomic E-state index is 12.2. The van der Waals surface area contributed by atoms with Gasteiger partial charge >= 0.3 is 6.09 Å². The van der Waals surface area contributed by atoms with Crippen molar-refractivity contribution in [1.82, 2.24) is 9.88 Å². The standard InChI is InChI=1S/C22H28N2O3/c1-3-4-14-27-22(25)24(2)16-21-19-10-7-9-18(17(19)11-8-15-26-21)20-12-5-6-13-23-20/h5-7,9-10,12-13,21H,3-4,8,11,14-16H2,1-2H3. The minimum Gasteiger partial charge on any atom is -0.449 e. The van der Waals surface area contributed by atoms with Crippen LogP contribution in [0.15, 0.2) is 42.6 Å². The molecule has 0 saturated heterocycles. The van der Waals surface area contributed by atoms with Crippen molar-refractivity contribution >= 4 is 6.09 Å². The summed E-state index contributed by atoms with van der Waals surface area (Å²) >= 11 is 0. The van der Waals surface area contributed by atoms with Crippen molar-refractivity contribution < 1.29 is 14.3 Å². The Hall–Kier alpha value is -2.40. The number of hydrogen-bond acceptors (Lipinski definition) is 4. The number of unbranched alkanes of at least 4 members (excludes halogenated alkanes) is 1. The second-order valence-electron chi connectivity index (χ2n) is 6.90. The van der Waals surface area contributed by atoms with E-state index in [0.717, 1.165) is 42.5 Å². The summed E-state index contributed by atoms with van der Waals surface area (Å²) in [6, 6.07) is 12.2. The predicted octanol–water partition coefficient (Wildman–Crippen LogP) is 4.62. The van der Waals surface area contributed by atoms with Crippen molar-refractivity contribution in [2.75, 3.05) is 26.8 Å². The van der Waals surface area contributed by atoms with Crippen LogP contribution in [0.4, 0.5) is 4.79 Å². The van der Waals surface area contributed by atoms with Crippen LogP contribution in [0.3, 0.4) is 0 Å². The highest BCUT2D eigenvalue weighted by molar-refractivity contribution is 5.68. The minimum absolute atomic E-state index is 0.158. The molecular formula is C22H28N2O3. The number of rotatable bonds is 6. The predicted molar refractivity (Wildman–Crippen MR) is 106 cm³/mol. The molecule has 0 saturated carbocycles. The molecule has 144 valence electrons. The number of aromatic nitrogens is 1. The molecule has 0 bridgehead atoms. The van der Waals surface area contributed by atoms with Gasteiger partial charge in [0, 0.05) is 25.4 Å². The Labute approximate surface area is 161 Å². The van der Waals surface area contributed by atoms with Gasteiger partial charge in [-0.25, -0.2) is 4.79 Å². The van der Waals surface area contributed by atoms with Crippen LogP contribution in [0, 0.1) is 0 Å². The molecule has 3 rings (SSSR count). The first-order valence-corrected chi connectivity index (χ1v) is 9.73. The minimum atomic E-state index is -0.293. The third-order valence-electron chi connectivity index (χ3n) is 4.86. The maximum absolute atomic E-state index is 12.2. The molecule has 1 aliphatic rings. The number of ether oxygens (including phenoxy) is 2. The van der Waals surface area contributed by atoms with Crippen molar-refractivity contribution in [3.63, 3.8) is 0 Å². The van der Waals surface area contributed by atoms with E-state index >= 15 is 0 Å². The fourth-order valence-electron chi connectivity index (χ4n) is 3.40. The van der Waals surface area contributed by atoms with Gasteiger partial charge in [0.2, 0.25) is 0 Å². The van der Waals surface area contributed by atoms with Gasteiger partial charge in [0.1, 0.15) is 6.10 Å². The zero-order valence-electron chi connectivity index (χ0n) is 16.2. The second-order valence-corrected chi connectivity index (χ2v) is 6.90. The Morgan fingerprint density at radius 3 is 2.96 bits per heavy atom. The van der Waals surface area contributed by atoms with E-state index in [4.69, 9.17) is 9.47 Å². The number of amides is 1. The van der Waals surface area contributed by atoms with Crippen LogP contribution in [-0.2, 0) is 15.9 Å². The van der Waals surface area contributed by atoms with Gasteiger partial charge < -0.3 is 14.4 Å². The number of benzene rings is 1. The van der Waals surface area contributed by atoms with E-state index in [1.54, 1.807) is 11.9 Å². The molecule has 5 heteroatoms. The van der Waals surface area contributed by atoms with E-state index in [2.05, 4.69) is 24.0 Å². The number of fused-ring (bicyclic) bond motifs is 1. The van der Waals surface area contributed by atoms with Gasteiger partial charge in [0.25, 0.3) is 0 Å². The Kier molecular flexibility index (Phi) is 6.82. The fraction of sp³-hybridized carbons (Fsp3) is 0.455. The summed E-state index contributed by atoms with van der Waals surface area (Å²) in [5, 5.41) is 0. The third kappa shape index (κ3) is 4.86. The molecule has 1 aromatic carbocycles. The smallest absolute Gasteiger partial charge is 0.409 e. The van der Waals surface area contributed by atoms with E-state index in [1.165, 1.54) is 5.56 Å². The molecule has 1 atom stereocenters. The van der Waals surface area contributed by atoms with E-state index in [9.17, 15) is 4.79 Å². The molecule has 0 fully saturated rings. The van der Waals surface area contributed by atoms with Gasteiger partial charge in [0.05, 0.1) is 18.8 Å². The van der Waals surface area contributed by atoms with Gasteiger partial charge in [0.15, 0.2) is 0 Å². The zero-order chi connectivity index (χ0) is 19.1. The van der Waals surface area contributed by atoms with Gasteiger partial charge in [-0.3, -0.25) is 4.98 Å². The van der Waals surface area contributed by atoms with Crippen molar-refractivity contribution in [1.29, 1.82) is 0 Å². The number of hydrogen-bond donors (Lipinski definition) is 0. The highest BCUT2D eigenvalue weighted by atomic mass is 16.6. The largest absolute Gasteiger partial charge is 0.449 e. The first-order valence-electron chi connectivity index (χ1n) is 9.73. The Morgan fingerprint density at radius 2 is 2.19 bits per heavy atom. The van der Waals surface area contributed by atoms with Gasteiger partial charge in [-0.1, -0.05) is 37.6 Å². The van der Waals surface area contributed by atoms with E-state index in [0.29, 0.717) is 19.8 Å². The normalized spacial score (nSPS) is 16.3. The van der Waals surface area contributed by atoms with E-state index in [1.807, 2.05) is 30.5 Å². The lowest BCUT2D eigenvalue weighted by atomic mass is 9.92. The molecule has 27 heavy (non-hydrogen) atoms. The molecule has 1 amide bonds. The van der Waals surface area contributed by atoms with Crippen molar-refractivity contribution in [2.45, 2.75) is 38.7 Å². The molecule has 0 aliphatic carbocycles. The van der Waals surface area contributed by atoms with Gasteiger partial charge in [-0.2, -0.15) is 0 Å². The molecular weight excluding hydrogens is 340 g/mol. The number of pyridine rings is 1. The average Bonchev–Trinajstić information content (AvgIpc) is 2.91. The first-order chi connectivity index (χ1) is 13.2. The summed E-state index contributed by atoms with van der Waals surface area (Å²) in [6.07, 6.45) is 5.16. The Bertz CT molecular complexity index is 748. The monoisotopic (exact) mass is 368 g/mol. The molecule has 0 spiro atoms. The summed E-state index contributed by atoms with van der Waals surface area (Å²) in [6.45, 7) is 3.70. The molecule has 0 N–H and O–H groups in total. The van der Waals surface area contributed by atoms with Crippen molar-refractivity contribution in [3.05, 3.63) is 53.7 Å². The molecule has 2 aromatic rings.